The van der Waals surface area contributed by atoms with Crippen LogP contribution < -0.4 is 10.6 Å². The molecule has 1 saturated heterocycles. The van der Waals surface area contributed by atoms with Gasteiger partial charge in [-0.3, -0.25) is 0 Å². The summed E-state index contributed by atoms with van der Waals surface area (Å²) in [7, 11) is 2.08. The van der Waals surface area contributed by atoms with E-state index in [4.69, 9.17) is 0 Å². The van der Waals surface area contributed by atoms with Crippen LogP contribution >= 0.6 is 0 Å². The Kier molecular flexibility index (Phi) is 4.99. The van der Waals surface area contributed by atoms with Crippen molar-refractivity contribution < 1.29 is 4.39 Å². The summed E-state index contributed by atoms with van der Waals surface area (Å²) in [5, 5.41) is 16.4. The first-order valence-corrected chi connectivity index (χ1v) is 9.98. The summed E-state index contributed by atoms with van der Waals surface area (Å²) in [5.41, 5.74) is 4.18. The second-order valence-electron chi connectivity index (χ2n) is 8.29. The first-order chi connectivity index (χ1) is 13.5. The Morgan fingerprint density at radius 1 is 1.43 bits per heavy atom. The lowest BCUT2D eigenvalue weighted by Gasteiger charge is -2.27. The molecule has 28 heavy (non-hydrogen) atoms. The molecule has 2 aliphatic heterocycles. The molecule has 1 aromatic rings. The highest BCUT2D eigenvalue weighted by Crippen LogP contribution is 2.37. The Morgan fingerprint density at radius 3 is 3.04 bits per heavy atom. The number of halogens is 1. The fourth-order valence-corrected chi connectivity index (χ4v) is 4.12. The number of rotatable bonds is 4. The van der Waals surface area contributed by atoms with Crippen LogP contribution in [0.5, 0.6) is 0 Å². The fourth-order valence-electron chi connectivity index (χ4n) is 4.12. The van der Waals surface area contributed by atoms with Crippen molar-refractivity contribution in [1.29, 1.82) is 5.26 Å². The SMILES string of the molecule is CN1C=Cc2cc(C3=CCC(C)(F)C(C#N)=C3)cc(NCC3CCNC3)c2C1. The van der Waals surface area contributed by atoms with Gasteiger partial charge in [-0.1, -0.05) is 6.08 Å². The third-order valence-electron chi connectivity index (χ3n) is 5.96. The number of benzene rings is 1. The second kappa shape index (κ2) is 7.44. The van der Waals surface area contributed by atoms with Crippen molar-refractivity contribution in [3.05, 3.63) is 52.7 Å². The Hall–Kier alpha value is -2.58. The van der Waals surface area contributed by atoms with Gasteiger partial charge in [0.15, 0.2) is 0 Å². The third kappa shape index (κ3) is 3.70. The van der Waals surface area contributed by atoms with Crippen molar-refractivity contribution >= 4 is 17.3 Å². The Labute approximate surface area is 166 Å². The zero-order valence-corrected chi connectivity index (χ0v) is 16.6. The van der Waals surface area contributed by atoms with Crippen LogP contribution in [0.4, 0.5) is 10.1 Å². The molecule has 0 radical (unpaired) electrons. The van der Waals surface area contributed by atoms with E-state index in [-0.39, 0.29) is 12.0 Å². The molecule has 146 valence electrons. The summed E-state index contributed by atoms with van der Waals surface area (Å²) in [6.07, 6.45) is 9.25. The van der Waals surface area contributed by atoms with Crippen molar-refractivity contribution in [3.63, 3.8) is 0 Å². The van der Waals surface area contributed by atoms with Gasteiger partial charge >= 0.3 is 0 Å². The molecule has 0 bridgehead atoms. The molecule has 4 rings (SSSR count). The van der Waals surface area contributed by atoms with E-state index in [9.17, 15) is 9.65 Å². The lowest BCUT2D eigenvalue weighted by molar-refractivity contribution is 0.249. The minimum Gasteiger partial charge on any atom is -0.384 e. The molecular weight excluding hydrogens is 351 g/mol. The standard InChI is InChI=1S/C23H27FN4/c1-23(24)6-3-17(10-20(23)12-25)19-9-18-5-8-28(2)15-21(18)22(11-19)27-14-16-4-7-26-13-16/h3,5,8-11,16,26-27H,4,6-7,13-15H2,1-2H3. The highest BCUT2D eigenvalue weighted by atomic mass is 19.1. The molecular formula is C23H27FN4. The first-order valence-electron chi connectivity index (χ1n) is 9.98. The van der Waals surface area contributed by atoms with E-state index in [1.165, 1.54) is 24.5 Å². The monoisotopic (exact) mass is 378 g/mol. The topological polar surface area (TPSA) is 51.1 Å². The average Bonchev–Trinajstić information content (AvgIpc) is 3.19. The number of hydrogen-bond donors (Lipinski definition) is 2. The van der Waals surface area contributed by atoms with Gasteiger partial charge in [0, 0.05) is 37.8 Å². The number of anilines is 1. The summed E-state index contributed by atoms with van der Waals surface area (Å²) < 4.78 is 14.5. The van der Waals surface area contributed by atoms with Gasteiger partial charge in [0.05, 0.1) is 11.6 Å². The number of nitrogens with zero attached hydrogens (tertiary/aromatic N) is 2. The minimum absolute atomic E-state index is 0.199. The maximum Gasteiger partial charge on any atom is 0.146 e. The fraction of sp³-hybridized carbons (Fsp3) is 0.435. The van der Waals surface area contributed by atoms with Crippen LogP contribution in [0, 0.1) is 17.2 Å². The van der Waals surface area contributed by atoms with Gasteiger partial charge in [0.2, 0.25) is 0 Å². The zero-order valence-electron chi connectivity index (χ0n) is 16.6. The molecule has 2 heterocycles. The normalized spacial score (nSPS) is 26.4. The largest absolute Gasteiger partial charge is 0.384 e. The molecule has 5 heteroatoms. The van der Waals surface area contributed by atoms with Gasteiger partial charge in [-0.15, -0.1) is 0 Å². The second-order valence-corrected chi connectivity index (χ2v) is 8.29. The van der Waals surface area contributed by atoms with Gasteiger partial charge < -0.3 is 15.5 Å². The minimum atomic E-state index is -1.58. The number of alkyl halides is 1. The molecule has 4 nitrogen and oxygen atoms in total. The predicted octanol–water partition coefficient (Wildman–Crippen LogP) is 4.09. The Bertz CT molecular complexity index is 898. The molecule has 2 atom stereocenters. The summed E-state index contributed by atoms with van der Waals surface area (Å²) in [6, 6.07) is 6.35. The van der Waals surface area contributed by atoms with E-state index < -0.39 is 5.67 Å². The summed E-state index contributed by atoms with van der Waals surface area (Å²) in [4.78, 5) is 2.17. The van der Waals surface area contributed by atoms with E-state index in [0.717, 1.165) is 43.0 Å². The molecule has 2 unspecified atom stereocenters. The lowest BCUT2D eigenvalue weighted by Crippen LogP contribution is -2.22. The molecule has 0 amide bonds. The van der Waals surface area contributed by atoms with E-state index >= 15 is 0 Å². The van der Waals surface area contributed by atoms with Gasteiger partial charge in [-0.05, 0) is 79.5 Å². The average molecular weight is 378 g/mol. The quantitative estimate of drug-likeness (QED) is 0.829. The van der Waals surface area contributed by atoms with Crippen LogP contribution in [0.3, 0.4) is 0 Å². The van der Waals surface area contributed by atoms with Crippen LogP contribution in [0.15, 0.2) is 36.1 Å². The van der Waals surface area contributed by atoms with Crippen molar-refractivity contribution in [2.24, 2.45) is 5.92 Å². The summed E-state index contributed by atoms with van der Waals surface area (Å²) in [5.74, 6) is 0.641. The molecule has 0 aromatic heterocycles. The molecule has 1 aromatic carbocycles. The Morgan fingerprint density at radius 2 is 2.29 bits per heavy atom. The van der Waals surface area contributed by atoms with E-state index in [2.05, 4.69) is 47.0 Å². The Balaban J connectivity index is 1.68. The number of nitrogens with one attached hydrogen (secondary N) is 2. The van der Waals surface area contributed by atoms with Gasteiger partial charge in [0.1, 0.15) is 5.67 Å². The third-order valence-corrected chi connectivity index (χ3v) is 5.96. The van der Waals surface area contributed by atoms with Crippen LogP contribution in [0.25, 0.3) is 11.6 Å². The zero-order chi connectivity index (χ0) is 19.7. The van der Waals surface area contributed by atoms with Gasteiger partial charge in [-0.25, -0.2) is 4.39 Å². The van der Waals surface area contributed by atoms with Crippen molar-refractivity contribution in [2.75, 3.05) is 32.0 Å². The highest BCUT2D eigenvalue weighted by Gasteiger charge is 2.31. The maximum atomic E-state index is 14.5. The van der Waals surface area contributed by atoms with Crippen molar-refractivity contribution in [2.45, 2.75) is 32.0 Å². The summed E-state index contributed by atoms with van der Waals surface area (Å²) in [6.45, 7) is 5.43. The summed E-state index contributed by atoms with van der Waals surface area (Å²) >= 11 is 0. The lowest BCUT2D eigenvalue weighted by atomic mass is 9.84. The van der Waals surface area contributed by atoms with E-state index in [0.29, 0.717) is 5.92 Å². The van der Waals surface area contributed by atoms with Crippen LogP contribution in [0.1, 0.15) is 36.5 Å². The van der Waals surface area contributed by atoms with Gasteiger partial charge in [-0.2, -0.15) is 5.26 Å². The van der Waals surface area contributed by atoms with Crippen LogP contribution in [-0.4, -0.2) is 37.3 Å². The maximum absolute atomic E-state index is 14.5. The number of hydrogen-bond acceptors (Lipinski definition) is 4. The van der Waals surface area contributed by atoms with Crippen molar-refractivity contribution in [1.82, 2.24) is 10.2 Å². The number of nitriles is 1. The molecule has 1 fully saturated rings. The smallest absolute Gasteiger partial charge is 0.146 e. The van der Waals surface area contributed by atoms with Crippen molar-refractivity contribution in [3.8, 4) is 6.07 Å². The van der Waals surface area contributed by atoms with Crippen LogP contribution in [-0.2, 0) is 6.54 Å². The predicted molar refractivity (Wildman–Crippen MR) is 112 cm³/mol. The molecule has 2 N–H and O–H groups in total. The molecule has 1 aliphatic carbocycles. The number of allylic oxidation sites excluding steroid dienone is 4. The number of fused-ring (bicyclic) bond motifs is 1. The van der Waals surface area contributed by atoms with E-state index in [1.54, 1.807) is 6.08 Å². The highest BCUT2D eigenvalue weighted by molar-refractivity contribution is 5.82. The van der Waals surface area contributed by atoms with Gasteiger partial charge in [0.25, 0.3) is 0 Å². The molecule has 3 aliphatic rings. The van der Waals surface area contributed by atoms with Crippen LogP contribution in [0.2, 0.25) is 0 Å². The first kappa shape index (κ1) is 18.8. The molecule has 0 saturated carbocycles. The van der Waals surface area contributed by atoms with E-state index in [1.807, 2.05) is 12.1 Å². The molecule has 0 spiro atoms.